The van der Waals surface area contributed by atoms with Gasteiger partial charge < -0.3 is 9.90 Å². The van der Waals surface area contributed by atoms with Crippen LogP contribution < -0.4 is 5.11 Å². The van der Waals surface area contributed by atoms with Crippen LogP contribution in [0.2, 0.25) is 0 Å². The molecule has 0 N–H and O–H groups in total. The monoisotopic (exact) mass is 171 g/mol. The highest BCUT2D eigenvalue weighted by Crippen LogP contribution is 2.14. The van der Waals surface area contributed by atoms with Gasteiger partial charge in [-0.2, -0.15) is 0 Å². The molecule has 1 unspecified atom stereocenters. The van der Waals surface area contributed by atoms with Gasteiger partial charge in [0.25, 0.3) is 0 Å². The van der Waals surface area contributed by atoms with Gasteiger partial charge in [0.1, 0.15) is 0 Å². The van der Waals surface area contributed by atoms with Crippen LogP contribution in [0, 0.1) is 5.92 Å². The summed E-state index contributed by atoms with van der Waals surface area (Å²) in [5, 5.41) is 10.6. The number of hydrogen-bond acceptors (Lipinski definition) is 2. The van der Waals surface area contributed by atoms with Crippen molar-refractivity contribution in [2.75, 3.05) is 0 Å². The number of hydrogen-bond donors (Lipinski definition) is 0. The first kappa shape index (κ1) is 11.5. The molecule has 0 fully saturated rings. The number of carboxylic acids is 1. The van der Waals surface area contributed by atoms with Crippen LogP contribution in [0.3, 0.4) is 0 Å². The number of aliphatic carboxylic acids is 1. The third kappa shape index (κ3) is 5.16. The lowest BCUT2D eigenvalue weighted by Crippen LogP contribution is -2.31. The average molecular weight is 171 g/mol. The van der Waals surface area contributed by atoms with E-state index in [1.54, 1.807) is 0 Å². The molecule has 0 aromatic rings. The van der Waals surface area contributed by atoms with Gasteiger partial charge in [-0.3, -0.25) is 0 Å². The molecule has 0 bridgehead atoms. The maximum absolute atomic E-state index is 10.6. The summed E-state index contributed by atoms with van der Waals surface area (Å²) in [5.41, 5.74) is 0. The van der Waals surface area contributed by atoms with Crippen LogP contribution in [0.5, 0.6) is 0 Å². The highest BCUT2D eigenvalue weighted by Gasteiger charge is 2.07. The van der Waals surface area contributed by atoms with Crippen LogP contribution in [-0.4, -0.2) is 5.97 Å². The van der Waals surface area contributed by atoms with Crippen molar-refractivity contribution in [3.05, 3.63) is 0 Å². The van der Waals surface area contributed by atoms with Crippen LogP contribution in [-0.2, 0) is 4.79 Å². The maximum atomic E-state index is 10.6. The van der Waals surface area contributed by atoms with Crippen LogP contribution in [0.25, 0.3) is 0 Å². The van der Waals surface area contributed by atoms with Crippen molar-refractivity contribution in [3.63, 3.8) is 0 Å². The Morgan fingerprint density at radius 3 is 2.25 bits per heavy atom. The number of carbonyl (C=O) groups is 1. The van der Waals surface area contributed by atoms with Crippen molar-refractivity contribution < 1.29 is 9.90 Å². The Balaban J connectivity index is 3.56. The van der Waals surface area contributed by atoms with E-state index in [0.717, 1.165) is 38.5 Å². The van der Waals surface area contributed by atoms with Gasteiger partial charge in [0.05, 0.1) is 0 Å². The first-order valence-electron chi connectivity index (χ1n) is 4.93. The average Bonchev–Trinajstić information content (AvgIpc) is 2.03. The Hall–Kier alpha value is -0.530. The summed E-state index contributed by atoms with van der Waals surface area (Å²) >= 11 is 0. The second-order valence-electron chi connectivity index (χ2n) is 3.30. The van der Waals surface area contributed by atoms with Gasteiger partial charge in [-0.15, -0.1) is 0 Å². The minimum atomic E-state index is -0.868. The Bertz CT molecular complexity index is 121. The molecular formula is C10H19O2-. The summed E-state index contributed by atoms with van der Waals surface area (Å²) in [6, 6.07) is 0. The lowest BCUT2D eigenvalue weighted by atomic mass is 9.97. The molecule has 2 heteroatoms. The third-order valence-electron chi connectivity index (χ3n) is 2.13. The highest BCUT2D eigenvalue weighted by atomic mass is 16.4. The van der Waals surface area contributed by atoms with Crippen LogP contribution in [0.15, 0.2) is 0 Å². The zero-order chi connectivity index (χ0) is 9.40. The molecule has 0 heterocycles. The maximum Gasteiger partial charge on any atom is 0.0445 e. The quantitative estimate of drug-likeness (QED) is 0.547. The van der Waals surface area contributed by atoms with E-state index in [1.807, 2.05) is 6.92 Å². The minimum Gasteiger partial charge on any atom is -0.550 e. The smallest absolute Gasteiger partial charge is 0.0445 e. The second kappa shape index (κ2) is 7.14. The molecule has 12 heavy (non-hydrogen) atoms. The second-order valence-corrected chi connectivity index (χ2v) is 3.30. The van der Waals surface area contributed by atoms with Crippen LogP contribution in [0.4, 0.5) is 0 Å². The Kier molecular flexibility index (Phi) is 6.82. The molecular weight excluding hydrogens is 152 g/mol. The fourth-order valence-corrected chi connectivity index (χ4v) is 1.37. The molecule has 0 rings (SSSR count). The fraction of sp³-hybridized carbons (Fsp3) is 0.900. The van der Waals surface area contributed by atoms with E-state index in [-0.39, 0.29) is 5.92 Å². The summed E-state index contributed by atoms with van der Waals surface area (Å²) in [7, 11) is 0. The molecule has 0 saturated carbocycles. The van der Waals surface area contributed by atoms with Crippen molar-refractivity contribution in [3.8, 4) is 0 Å². The van der Waals surface area contributed by atoms with E-state index in [1.165, 1.54) is 0 Å². The van der Waals surface area contributed by atoms with E-state index in [4.69, 9.17) is 0 Å². The molecule has 0 aliphatic carbocycles. The molecule has 0 spiro atoms. The fourth-order valence-electron chi connectivity index (χ4n) is 1.37. The van der Waals surface area contributed by atoms with Crippen LogP contribution >= 0.6 is 0 Å². The molecule has 1 atom stereocenters. The summed E-state index contributed by atoms with van der Waals surface area (Å²) in [6.07, 6.45) is 5.80. The predicted molar refractivity (Wildman–Crippen MR) is 47.5 cm³/mol. The van der Waals surface area contributed by atoms with Gasteiger partial charge >= 0.3 is 0 Å². The number of rotatable bonds is 7. The van der Waals surface area contributed by atoms with Gasteiger partial charge in [0.2, 0.25) is 0 Å². The van der Waals surface area contributed by atoms with E-state index in [9.17, 15) is 9.90 Å². The Labute approximate surface area is 75.0 Å². The first-order valence-corrected chi connectivity index (χ1v) is 4.93. The highest BCUT2D eigenvalue weighted by molar-refractivity contribution is 5.67. The molecule has 72 valence electrons. The molecule has 0 aromatic carbocycles. The zero-order valence-corrected chi connectivity index (χ0v) is 8.14. The van der Waals surface area contributed by atoms with E-state index in [0.29, 0.717) is 0 Å². The first-order chi connectivity index (χ1) is 5.72. The van der Waals surface area contributed by atoms with Crippen LogP contribution in [0.1, 0.15) is 52.4 Å². The Morgan fingerprint density at radius 1 is 1.17 bits per heavy atom. The van der Waals surface area contributed by atoms with E-state index < -0.39 is 5.97 Å². The van der Waals surface area contributed by atoms with Crippen molar-refractivity contribution in [2.24, 2.45) is 5.92 Å². The summed E-state index contributed by atoms with van der Waals surface area (Å²) in [5.74, 6) is -1.07. The largest absolute Gasteiger partial charge is 0.550 e. The normalized spacial score (nSPS) is 12.8. The van der Waals surface area contributed by atoms with Gasteiger partial charge in [-0.05, 0) is 18.8 Å². The van der Waals surface area contributed by atoms with Gasteiger partial charge in [0, 0.05) is 5.97 Å². The summed E-state index contributed by atoms with van der Waals surface area (Å²) < 4.78 is 0. The molecule has 2 nitrogen and oxygen atoms in total. The standard InChI is InChI=1S/C10H20O2/c1-3-5-6-8-9(7-4-2)10(11)12/h9H,3-8H2,1-2H3,(H,11,12)/p-1. The minimum absolute atomic E-state index is 0.207. The van der Waals surface area contributed by atoms with Gasteiger partial charge in [-0.1, -0.05) is 39.5 Å². The predicted octanol–water partition coefficient (Wildman–Crippen LogP) is 1.73. The zero-order valence-electron chi connectivity index (χ0n) is 8.14. The Morgan fingerprint density at radius 2 is 1.83 bits per heavy atom. The van der Waals surface area contributed by atoms with Gasteiger partial charge in [0.15, 0.2) is 0 Å². The van der Waals surface area contributed by atoms with Crippen molar-refractivity contribution in [2.45, 2.75) is 52.4 Å². The van der Waals surface area contributed by atoms with Crippen molar-refractivity contribution >= 4 is 5.97 Å². The number of carbonyl (C=O) groups excluding carboxylic acids is 1. The summed E-state index contributed by atoms with van der Waals surface area (Å²) in [6.45, 7) is 4.13. The third-order valence-corrected chi connectivity index (χ3v) is 2.13. The topological polar surface area (TPSA) is 40.1 Å². The molecule has 0 aliphatic heterocycles. The van der Waals surface area contributed by atoms with Gasteiger partial charge in [-0.25, -0.2) is 0 Å². The lowest BCUT2D eigenvalue weighted by molar-refractivity contribution is -0.312. The molecule has 0 saturated heterocycles. The summed E-state index contributed by atoms with van der Waals surface area (Å²) in [4.78, 5) is 10.6. The lowest BCUT2D eigenvalue weighted by Gasteiger charge is -2.16. The van der Waals surface area contributed by atoms with E-state index >= 15 is 0 Å². The SMILES string of the molecule is CCCCCC(CCC)C(=O)[O-]. The number of carboxylic acid groups (broad SMARTS) is 1. The molecule has 0 radical (unpaired) electrons. The molecule has 0 aromatic heterocycles. The van der Waals surface area contributed by atoms with Crippen molar-refractivity contribution in [1.82, 2.24) is 0 Å². The number of unbranched alkanes of at least 4 members (excludes halogenated alkanes) is 2. The molecule has 0 amide bonds. The molecule has 0 aliphatic rings. The van der Waals surface area contributed by atoms with E-state index in [2.05, 4.69) is 6.92 Å². The van der Waals surface area contributed by atoms with Crippen molar-refractivity contribution in [1.29, 1.82) is 0 Å².